The van der Waals surface area contributed by atoms with Gasteiger partial charge in [-0.15, -0.1) is 0 Å². The SMILES string of the molecule is CC(C)(CN)N1CCN(C2CCOC3(CCSC3)C2)CC1. The number of ether oxygens (including phenoxy) is 1. The van der Waals surface area contributed by atoms with E-state index in [0.29, 0.717) is 0 Å². The molecule has 21 heavy (non-hydrogen) atoms. The molecule has 0 saturated carbocycles. The van der Waals surface area contributed by atoms with Gasteiger partial charge in [-0.2, -0.15) is 11.8 Å². The van der Waals surface area contributed by atoms with Gasteiger partial charge in [0.05, 0.1) is 5.60 Å². The number of nitrogens with two attached hydrogens (primary N) is 1. The molecular weight excluding hydrogens is 282 g/mol. The molecule has 2 N–H and O–H groups in total. The molecule has 2 atom stereocenters. The second-order valence-corrected chi connectivity index (χ2v) is 8.63. The third-order valence-corrected chi connectivity index (χ3v) is 6.94. The molecule has 0 aromatic carbocycles. The molecule has 0 aromatic heterocycles. The molecule has 0 amide bonds. The second-order valence-electron chi connectivity index (χ2n) is 7.52. The van der Waals surface area contributed by atoms with Crippen LogP contribution in [0.15, 0.2) is 0 Å². The predicted octanol–water partition coefficient (Wildman–Crippen LogP) is 1.40. The van der Waals surface area contributed by atoms with Gasteiger partial charge in [0.2, 0.25) is 0 Å². The lowest BCUT2D eigenvalue weighted by atomic mass is 9.88. The topological polar surface area (TPSA) is 41.7 Å². The van der Waals surface area contributed by atoms with E-state index in [-0.39, 0.29) is 11.1 Å². The van der Waals surface area contributed by atoms with E-state index in [1.807, 2.05) is 0 Å². The summed E-state index contributed by atoms with van der Waals surface area (Å²) in [5.41, 5.74) is 6.27. The molecule has 0 radical (unpaired) electrons. The minimum absolute atomic E-state index is 0.144. The van der Waals surface area contributed by atoms with Crippen LogP contribution in [0, 0.1) is 0 Å². The lowest BCUT2D eigenvalue weighted by molar-refractivity contribution is -0.0966. The molecule has 122 valence electrons. The maximum atomic E-state index is 6.17. The predicted molar refractivity (Wildman–Crippen MR) is 89.9 cm³/mol. The zero-order valence-electron chi connectivity index (χ0n) is 13.6. The molecule has 0 bridgehead atoms. The van der Waals surface area contributed by atoms with Crippen LogP contribution in [-0.2, 0) is 4.74 Å². The highest BCUT2D eigenvalue weighted by Crippen LogP contribution is 2.39. The first-order chi connectivity index (χ1) is 10.0. The van der Waals surface area contributed by atoms with E-state index in [1.54, 1.807) is 0 Å². The normalized spacial score (nSPS) is 36.4. The van der Waals surface area contributed by atoms with Crippen LogP contribution in [-0.4, -0.2) is 77.8 Å². The quantitative estimate of drug-likeness (QED) is 0.853. The van der Waals surface area contributed by atoms with Crippen molar-refractivity contribution in [2.75, 3.05) is 50.8 Å². The molecule has 3 rings (SSSR count). The average molecular weight is 314 g/mol. The number of hydrogen-bond donors (Lipinski definition) is 1. The van der Waals surface area contributed by atoms with E-state index in [0.717, 1.165) is 32.3 Å². The molecule has 3 aliphatic rings. The summed E-state index contributed by atoms with van der Waals surface area (Å²) < 4.78 is 6.17. The molecular formula is C16H31N3OS. The summed E-state index contributed by atoms with van der Waals surface area (Å²) in [6.07, 6.45) is 3.72. The fourth-order valence-corrected chi connectivity index (χ4v) is 5.38. The Morgan fingerprint density at radius 1 is 1.29 bits per heavy atom. The Bertz CT molecular complexity index is 349. The van der Waals surface area contributed by atoms with Gasteiger partial charge >= 0.3 is 0 Å². The lowest BCUT2D eigenvalue weighted by Crippen LogP contribution is -2.60. The lowest BCUT2D eigenvalue weighted by Gasteiger charge is -2.48. The first-order valence-electron chi connectivity index (χ1n) is 8.46. The maximum Gasteiger partial charge on any atom is 0.0795 e. The van der Waals surface area contributed by atoms with Crippen molar-refractivity contribution in [1.29, 1.82) is 0 Å². The first kappa shape index (κ1) is 16.1. The van der Waals surface area contributed by atoms with E-state index < -0.39 is 0 Å². The van der Waals surface area contributed by atoms with Crippen LogP contribution in [0.4, 0.5) is 0 Å². The van der Waals surface area contributed by atoms with Crippen LogP contribution >= 0.6 is 11.8 Å². The molecule has 1 spiro atoms. The maximum absolute atomic E-state index is 6.17. The molecule has 5 heteroatoms. The molecule has 3 aliphatic heterocycles. The van der Waals surface area contributed by atoms with Crippen LogP contribution in [0.3, 0.4) is 0 Å². The van der Waals surface area contributed by atoms with Gasteiger partial charge in [0.15, 0.2) is 0 Å². The fraction of sp³-hybridized carbons (Fsp3) is 1.00. The average Bonchev–Trinajstić information content (AvgIpc) is 2.95. The number of thioether (sulfide) groups is 1. The summed E-state index contributed by atoms with van der Waals surface area (Å²) in [7, 11) is 0. The van der Waals surface area contributed by atoms with Crippen molar-refractivity contribution in [3.63, 3.8) is 0 Å². The van der Waals surface area contributed by atoms with Crippen molar-refractivity contribution in [3.05, 3.63) is 0 Å². The van der Waals surface area contributed by atoms with Gasteiger partial charge in [0, 0.05) is 56.7 Å². The van der Waals surface area contributed by atoms with E-state index >= 15 is 0 Å². The number of piperazine rings is 1. The highest BCUT2D eigenvalue weighted by atomic mass is 32.2. The second kappa shape index (κ2) is 6.36. The Hall–Kier alpha value is 0.190. The van der Waals surface area contributed by atoms with Crippen LogP contribution in [0.2, 0.25) is 0 Å². The molecule has 4 nitrogen and oxygen atoms in total. The van der Waals surface area contributed by atoms with Crippen molar-refractivity contribution in [2.24, 2.45) is 5.73 Å². The molecule has 3 fully saturated rings. The van der Waals surface area contributed by atoms with Gasteiger partial charge in [0.1, 0.15) is 0 Å². The zero-order chi connectivity index (χ0) is 14.9. The zero-order valence-corrected chi connectivity index (χ0v) is 14.5. The Labute approximate surface area is 133 Å². The fourth-order valence-electron chi connectivity index (χ4n) is 4.00. The van der Waals surface area contributed by atoms with E-state index in [2.05, 4.69) is 35.4 Å². The van der Waals surface area contributed by atoms with Crippen LogP contribution < -0.4 is 5.73 Å². The van der Waals surface area contributed by atoms with Gasteiger partial charge in [-0.25, -0.2) is 0 Å². The number of nitrogens with zero attached hydrogens (tertiary/aromatic N) is 2. The third kappa shape index (κ3) is 3.42. The Kier molecular flexibility index (Phi) is 4.86. The van der Waals surface area contributed by atoms with Crippen molar-refractivity contribution in [3.8, 4) is 0 Å². The summed E-state index contributed by atoms with van der Waals surface area (Å²) in [6.45, 7) is 10.9. The number of hydrogen-bond acceptors (Lipinski definition) is 5. The first-order valence-corrected chi connectivity index (χ1v) is 9.61. The van der Waals surface area contributed by atoms with Crippen molar-refractivity contribution < 1.29 is 4.74 Å². The smallest absolute Gasteiger partial charge is 0.0795 e. The van der Waals surface area contributed by atoms with Gasteiger partial charge < -0.3 is 10.5 Å². The molecule has 2 unspecified atom stereocenters. The summed E-state index contributed by atoms with van der Waals surface area (Å²) in [4.78, 5) is 5.28. The van der Waals surface area contributed by atoms with Gasteiger partial charge in [-0.3, -0.25) is 9.80 Å². The van der Waals surface area contributed by atoms with Gasteiger partial charge in [0.25, 0.3) is 0 Å². The monoisotopic (exact) mass is 313 g/mol. The summed E-state index contributed by atoms with van der Waals surface area (Å²) in [5, 5.41) is 0. The minimum Gasteiger partial charge on any atom is -0.374 e. The largest absolute Gasteiger partial charge is 0.374 e. The molecule has 0 aliphatic carbocycles. The van der Waals surface area contributed by atoms with Crippen LogP contribution in [0.5, 0.6) is 0 Å². The molecule has 3 saturated heterocycles. The highest BCUT2D eigenvalue weighted by Gasteiger charge is 2.42. The van der Waals surface area contributed by atoms with Crippen LogP contribution in [0.25, 0.3) is 0 Å². The van der Waals surface area contributed by atoms with E-state index in [1.165, 1.54) is 43.9 Å². The Balaban J connectivity index is 1.54. The van der Waals surface area contributed by atoms with E-state index in [4.69, 9.17) is 10.5 Å². The summed E-state index contributed by atoms with van der Waals surface area (Å²) >= 11 is 2.07. The van der Waals surface area contributed by atoms with Crippen molar-refractivity contribution in [1.82, 2.24) is 9.80 Å². The third-order valence-electron chi connectivity index (χ3n) is 5.72. The van der Waals surface area contributed by atoms with Crippen molar-refractivity contribution >= 4 is 11.8 Å². The Morgan fingerprint density at radius 2 is 2.05 bits per heavy atom. The highest BCUT2D eigenvalue weighted by molar-refractivity contribution is 7.99. The van der Waals surface area contributed by atoms with Crippen LogP contribution in [0.1, 0.15) is 33.1 Å². The Morgan fingerprint density at radius 3 is 2.67 bits per heavy atom. The number of rotatable bonds is 3. The van der Waals surface area contributed by atoms with Gasteiger partial charge in [-0.1, -0.05) is 0 Å². The standard InChI is InChI=1S/C16H31N3OS/c1-15(2,12-17)19-7-5-18(6-8-19)14-3-9-20-16(11-14)4-10-21-13-16/h14H,3-13,17H2,1-2H3. The molecule has 3 heterocycles. The summed E-state index contributed by atoms with van der Waals surface area (Å²) in [5.74, 6) is 2.49. The molecule has 0 aromatic rings. The van der Waals surface area contributed by atoms with Gasteiger partial charge in [-0.05, 0) is 38.9 Å². The van der Waals surface area contributed by atoms with Crippen molar-refractivity contribution in [2.45, 2.75) is 50.3 Å². The summed E-state index contributed by atoms with van der Waals surface area (Å²) in [6, 6.07) is 0.737. The minimum atomic E-state index is 0.144. The van der Waals surface area contributed by atoms with E-state index in [9.17, 15) is 0 Å².